The third-order valence-electron chi connectivity index (χ3n) is 2.28. The van der Waals surface area contributed by atoms with E-state index < -0.39 is 0 Å². The SMILES string of the molecule is OCc1ncc(C2=CCNCC2)cn1. The molecule has 1 aromatic rings. The van der Waals surface area contributed by atoms with Gasteiger partial charge in [-0.25, -0.2) is 9.97 Å². The fourth-order valence-corrected chi connectivity index (χ4v) is 1.49. The first-order valence-electron chi connectivity index (χ1n) is 4.72. The number of nitrogens with one attached hydrogen (secondary N) is 1. The Morgan fingerprint density at radius 1 is 1.36 bits per heavy atom. The third-order valence-corrected chi connectivity index (χ3v) is 2.28. The standard InChI is InChI=1S/C10H13N3O/c14-7-10-12-5-9(6-13-10)8-1-3-11-4-2-8/h1,5-6,11,14H,2-4,7H2. The predicted octanol–water partition coefficient (Wildman–Crippen LogP) is 0.346. The van der Waals surface area contributed by atoms with Gasteiger partial charge in [-0.3, -0.25) is 0 Å². The van der Waals surface area contributed by atoms with Gasteiger partial charge in [-0.05, 0) is 18.5 Å². The first-order valence-corrected chi connectivity index (χ1v) is 4.72. The topological polar surface area (TPSA) is 58.0 Å². The molecule has 2 rings (SSSR count). The van der Waals surface area contributed by atoms with Gasteiger partial charge in [0.05, 0.1) is 0 Å². The number of hydrogen-bond acceptors (Lipinski definition) is 4. The van der Waals surface area contributed by atoms with Gasteiger partial charge >= 0.3 is 0 Å². The van der Waals surface area contributed by atoms with E-state index in [-0.39, 0.29) is 6.61 Å². The maximum atomic E-state index is 8.79. The molecule has 4 nitrogen and oxygen atoms in total. The molecule has 0 aromatic carbocycles. The zero-order valence-corrected chi connectivity index (χ0v) is 7.90. The van der Waals surface area contributed by atoms with E-state index in [0.29, 0.717) is 5.82 Å². The molecule has 1 aromatic heterocycles. The van der Waals surface area contributed by atoms with Crippen LogP contribution in [0.3, 0.4) is 0 Å². The molecule has 2 heterocycles. The first-order chi connectivity index (χ1) is 6.90. The van der Waals surface area contributed by atoms with Gasteiger partial charge in [0.1, 0.15) is 6.61 Å². The monoisotopic (exact) mass is 191 g/mol. The highest BCUT2D eigenvalue weighted by molar-refractivity contribution is 5.65. The summed E-state index contributed by atoms with van der Waals surface area (Å²) in [5.74, 6) is 0.475. The van der Waals surface area contributed by atoms with Crippen LogP contribution in [0.1, 0.15) is 17.8 Å². The zero-order chi connectivity index (χ0) is 9.80. The largest absolute Gasteiger partial charge is 0.388 e. The molecule has 0 atom stereocenters. The molecule has 0 spiro atoms. The van der Waals surface area contributed by atoms with Crippen LogP contribution in [-0.4, -0.2) is 28.2 Å². The van der Waals surface area contributed by atoms with E-state index in [1.165, 1.54) is 5.57 Å². The molecule has 2 N–H and O–H groups in total. The number of hydrogen-bond donors (Lipinski definition) is 2. The molecule has 1 aliphatic heterocycles. The van der Waals surface area contributed by atoms with Gasteiger partial charge in [-0.1, -0.05) is 6.08 Å². The average Bonchev–Trinajstić information content (AvgIpc) is 2.30. The first kappa shape index (κ1) is 9.30. The van der Waals surface area contributed by atoms with Gasteiger partial charge in [-0.15, -0.1) is 0 Å². The van der Waals surface area contributed by atoms with Crippen molar-refractivity contribution in [3.05, 3.63) is 29.9 Å². The van der Waals surface area contributed by atoms with E-state index in [4.69, 9.17) is 5.11 Å². The van der Waals surface area contributed by atoms with E-state index >= 15 is 0 Å². The Kier molecular flexibility index (Phi) is 2.86. The van der Waals surface area contributed by atoms with E-state index in [9.17, 15) is 0 Å². The van der Waals surface area contributed by atoms with Crippen LogP contribution in [0, 0.1) is 0 Å². The summed E-state index contributed by atoms with van der Waals surface area (Å²) in [4.78, 5) is 8.10. The van der Waals surface area contributed by atoms with Crippen LogP contribution in [0.15, 0.2) is 18.5 Å². The number of aromatic nitrogens is 2. The second-order valence-corrected chi connectivity index (χ2v) is 3.23. The minimum Gasteiger partial charge on any atom is -0.388 e. The van der Waals surface area contributed by atoms with Crippen LogP contribution in [-0.2, 0) is 6.61 Å². The van der Waals surface area contributed by atoms with Crippen LogP contribution < -0.4 is 5.32 Å². The quantitative estimate of drug-likeness (QED) is 0.708. The van der Waals surface area contributed by atoms with Gasteiger partial charge in [0.25, 0.3) is 0 Å². The molecule has 0 aliphatic carbocycles. The maximum absolute atomic E-state index is 8.79. The summed E-state index contributed by atoms with van der Waals surface area (Å²) < 4.78 is 0. The smallest absolute Gasteiger partial charge is 0.153 e. The van der Waals surface area contributed by atoms with Crippen LogP contribution in [0.25, 0.3) is 5.57 Å². The highest BCUT2D eigenvalue weighted by Gasteiger charge is 2.06. The second-order valence-electron chi connectivity index (χ2n) is 3.23. The van der Waals surface area contributed by atoms with Crippen molar-refractivity contribution in [2.75, 3.05) is 13.1 Å². The van der Waals surface area contributed by atoms with Gasteiger partial charge in [0, 0.05) is 24.5 Å². The van der Waals surface area contributed by atoms with Crippen LogP contribution >= 0.6 is 0 Å². The lowest BCUT2D eigenvalue weighted by molar-refractivity contribution is 0.271. The lowest BCUT2D eigenvalue weighted by atomic mass is 10.0. The number of rotatable bonds is 2. The van der Waals surface area contributed by atoms with Crippen molar-refractivity contribution in [1.82, 2.24) is 15.3 Å². The molecule has 74 valence electrons. The summed E-state index contributed by atoms with van der Waals surface area (Å²) in [5, 5.41) is 12.0. The maximum Gasteiger partial charge on any atom is 0.153 e. The van der Waals surface area contributed by atoms with Crippen molar-refractivity contribution in [2.45, 2.75) is 13.0 Å². The summed E-state index contributed by atoms with van der Waals surface area (Å²) in [6.45, 7) is 1.82. The summed E-state index contributed by atoms with van der Waals surface area (Å²) in [7, 11) is 0. The Balaban J connectivity index is 2.19. The van der Waals surface area contributed by atoms with Crippen LogP contribution in [0.4, 0.5) is 0 Å². The summed E-state index contributed by atoms with van der Waals surface area (Å²) >= 11 is 0. The summed E-state index contributed by atoms with van der Waals surface area (Å²) in [6.07, 6.45) is 6.72. The lowest BCUT2D eigenvalue weighted by Gasteiger charge is -2.13. The Bertz CT molecular complexity index is 332. The molecule has 1 aliphatic rings. The fourth-order valence-electron chi connectivity index (χ4n) is 1.49. The minimum atomic E-state index is -0.0963. The van der Waals surface area contributed by atoms with Crippen LogP contribution in [0.2, 0.25) is 0 Å². The van der Waals surface area contributed by atoms with Crippen molar-refractivity contribution < 1.29 is 5.11 Å². The molecular weight excluding hydrogens is 178 g/mol. The van der Waals surface area contributed by atoms with E-state index in [1.807, 2.05) is 0 Å². The van der Waals surface area contributed by atoms with E-state index in [1.54, 1.807) is 12.4 Å². The Morgan fingerprint density at radius 2 is 2.14 bits per heavy atom. The molecule has 0 radical (unpaired) electrons. The van der Waals surface area contributed by atoms with Crippen molar-refractivity contribution in [3.8, 4) is 0 Å². The highest BCUT2D eigenvalue weighted by Crippen LogP contribution is 2.17. The Morgan fingerprint density at radius 3 is 2.71 bits per heavy atom. The molecular formula is C10H13N3O. The van der Waals surface area contributed by atoms with Gasteiger partial charge in [0.2, 0.25) is 0 Å². The number of nitrogens with zero attached hydrogens (tertiary/aromatic N) is 2. The molecule has 14 heavy (non-hydrogen) atoms. The second kappa shape index (κ2) is 4.30. The zero-order valence-electron chi connectivity index (χ0n) is 7.90. The Labute approximate surface area is 82.7 Å². The minimum absolute atomic E-state index is 0.0963. The van der Waals surface area contributed by atoms with Crippen molar-refractivity contribution >= 4 is 5.57 Å². The lowest BCUT2D eigenvalue weighted by Crippen LogP contribution is -2.20. The van der Waals surface area contributed by atoms with Crippen LogP contribution in [0.5, 0.6) is 0 Å². The summed E-state index contributed by atoms with van der Waals surface area (Å²) in [6, 6.07) is 0. The predicted molar refractivity (Wildman–Crippen MR) is 53.4 cm³/mol. The van der Waals surface area contributed by atoms with Gasteiger partial charge < -0.3 is 10.4 Å². The molecule has 0 unspecified atom stereocenters. The van der Waals surface area contributed by atoms with Gasteiger partial charge in [-0.2, -0.15) is 0 Å². The third kappa shape index (κ3) is 1.97. The molecule has 0 fully saturated rings. The summed E-state index contributed by atoms with van der Waals surface area (Å²) in [5.41, 5.74) is 2.34. The van der Waals surface area contributed by atoms with E-state index in [0.717, 1.165) is 25.1 Å². The molecule has 0 bridgehead atoms. The average molecular weight is 191 g/mol. The number of aliphatic hydroxyl groups is 1. The molecule has 0 saturated heterocycles. The highest BCUT2D eigenvalue weighted by atomic mass is 16.3. The molecule has 0 saturated carbocycles. The normalized spacial score (nSPS) is 16.5. The molecule has 0 amide bonds. The van der Waals surface area contributed by atoms with Crippen molar-refractivity contribution in [3.63, 3.8) is 0 Å². The Hall–Kier alpha value is -1.26. The van der Waals surface area contributed by atoms with E-state index in [2.05, 4.69) is 21.4 Å². The van der Waals surface area contributed by atoms with Crippen molar-refractivity contribution in [1.29, 1.82) is 0 Å². The van der Waals surface area contributed by atoms with Gasteiger partial charge in [0.15, 0.2) is 5.82 Å². The number of aliphatic hydroxyl groups excluding tert-OH is 1. The molecule has 4 heteroatoms. The van der Waals surface area contributed by atoms with Crippen molar-refractivity contribution in [2.24, 2.45) is 0 Å². The fraction of sp³-hybridized carbons (Fsp3) is 0.400.